The number of nitrogens with one attached hydrogen (secondary N) is 2. The van der Waals surface area contributed by atoms with Crippen molar-refractivity contribution in [2.24, 2.45) is 0 Å². The summed E-state index contributed by atoms with van der Waals surface area (Å²) in [7, 11) is 3.13. The standard InChI is InChI=1S/C21H19N3O6/c1-24(2)21(28)12-4-3-5-13(18(12)25)23-17-16(19(26)20(17)27)22-9-11-6-7-14-15(8-11)30-10-29-14/h3-8,22-23,25H,9-10H2,1-2H3. The summed E-state index contributed by atoms with van der Waals surface area (Å²) in [6, 6.07) is 9.94. The van der Waals surface area contributed by atoms with E-state index in [1.807, 2.05) is 6.07 Å². The molecule has 0 aromatic heterocycles. The van der Waals surface area contributed by atoms with Gasteiger partial charge in [-0.15, -0.1) is 0 Å². The van der Waals surface area contributed by atoms with Crippen LogP contribution in [0.25, 0.3) is 0 Å². The Bertz CT molecular complexity index is 1210. The van der Waals surface area contributed by atoms with Crippen molar-refractivity contribution < 1.29 is 19.4 Å². The first-order valence-electron chi connectivity index (χ1n) is 9.13. The van der Waals surface area contributed by atoms with Gasteiger partial charge in [0.05, 0.1) is 11.3 Å². The lowest BCUT2D eigenvalue weighted by molar-refractivity contribution is 0.0824. The second-order valence-corrected chi connectivity index (χ2v) is 6.98. The molecule has 0 radical (unpaired) electrons. The molecule has 0 saturated heterocycles. The third-order valence-corrected chi connectivity index (χ3v) is 4.75. The number of carbonyl (C=O) groups excluding carboxylic acids is 1. The van der Waals surface area contributed by atoms with Crippen LogP contribution in [0.5, 0.6) is 17.2 Å². The first kappa shape index (κ1) is 19.3. The highest BCUT2D eigenvalue weighted by Crippen LogP contribution is 2.34. The van der Waals surface area contributed by atoms with E-state index >= 15 is 0 Å². The number of para-hydroxylation sites is 1. The third-order valence-electron chi connectivity index (χ3n) is 4.75. The van der Waals surface area contributed by atoms with Crippen LogP contribution < -0.4 is 31.0 Å². The van der Waals surface area contributed by atoms with Crippen LogP contribution in [0.4, 0.5) is 17.1 Å². The molecule has 30 heavy (non-hydrogen) atoms. The fourth-order valence-corrected chi connectivity index (χ4v) is 3.11. The number of rotatable bonds is 6. The van der Waals surface area contributed by atoms with Crippen LogP contribution in [-0.4, -0.2) is 36.8 Å². The molecule has 0 aliphatic carbocycles. The smallest absolute Gasteiger partial charge is 0.257 e. The Hall–Kier alpha value is -4.01. The number of amides is 1. The first-order chi connectivity index (χ1) is 14.4. The van der Waals surface area contributed by atoms with Crippen LogP contribution in [0.15, 0.2) is 46.0 Å². The lowest BCUT2D eigenvalue weighted by Gasteiger charge is -2.17. The molecule has 0 spiro atoms. The minimum Gasteiger partial charge on any atom is -0.505 e. The largest absolute Gasteiger partial charge is 0.505 e. The molecule has 4 rings (SSSR count). The number of anilines is 3. The maximum atomic E-state index is 12.2. The topological polar surface area (TPSA) is 117 Å². The van der Waals surface area contributed by atoms with Crippen LogP contribution in [0.1, 0.15) is 15.9 Å². The highest BCUT2D eigenvalue weighted by molar-refractivity contribution is 5.99. The molecule has 1 amide bonds. The van der Waals surface area contributed by atoms with E-state index in [9.17, 15) is 19.5 Å². The highest BCUT2D eigenvalue weighted by atomic mass is 16.7. The van der Waals surface area contributed by atoms with Gasteiger partial charge in [0.1, 0.15) is 11.4 Å². The Morgan fingerprint density at radius 2 is 1.80 bits per heavy atom. The van der Waals surface area contributed by atoms with Crippen molar-refractivity contribution in [1.29, 1.82) is 0 Å². The Kier molecular flexibility index (Phi) is 4.78. The van der Waals surface area contributed by atoms with Gasteiger partial charge in [-0.2, -0.15) is 0 Å². The predicted octanol–water partition coefficient (Wildman–Crippen LogP) is 1.77. The van der Waals surface area contributed by atoms with Gasteiger partial charge in [0.25, 0.3) is 16.8 Å². The molecular weight excluding hydrogens is 390 g/mol. The van der Waals surface area contributed by atoms with E-state index in [1.165, 1.54) is 17.0 Å². The molecular formula is C21H19N3O6. The van der Waals surface area contributed by atoms with Crippen LogP contribution in [0, 0.1) is 0 Å². The number of carbonyl (C=O) groups is 1. The molecule has 1 heterocycles. The highest BCUT2D eigenvalue weighted by Gasteiger charge is 2.23. The molecule has 0 atom stereocenters. The number of phenols is 1. The van der Waals surface area contributed by atoms with E-state index in [4.69, 9.17) is 9.47 Å². The Morgan fingerprint density at radius 3 is 2.57 bits per heavy atom. The molecule has 3 aromatic carbocycles. The summed E-state index contributed by atoms with van der Waals surface area (Å²) in [6.45, 7) is 0.443. The van der Waals surface area contributed by atoms with Crippen LogP contribution in [-0.2, 0) is 6.54 Å². The fraction of sp³-hybridized carbons (Fsp3) is 0.190. The Labute approximate surface area is 171 Å². The minimum absolute atomic E-state index is 0.0329. The van der Waals surface area contributed by atoms with Crippen molar-refractivity contribution in [2.45, 2.75) is 6.54 Å². The zero-order valence-electron chi connectivity index (χ0n) is 16.3. The lowest BCUT2D eigenvalue weighted by atomic mass is 10.1. The fourth-order valence-electron chi connectivity index (χ4n) is 3.11. The lowest BCUT2D eigenvalue weighted by Crippen LogP contribution is -2.36. The predicted molar refractivity (Wildman–Crippen MR) is 111 cm³/mol. The zero-order valence-corrected chi connectivity index (χ0v) is 16.3. The van der Waals surface area contributed by atoms with Gasteiger partial charge < -0.3 is 30.1 Å². The third kappa shape index (κ3) is 3.30. The molecule has 154 valence electrons. The quantitative estimate of drug-likeness (QED) is 0.417. The molecule has 0 fully saturated rings. The van der Waals surface area contributed by atoms with Gasteiger partial charge >= 0.3 is 0 Å². The van der Waals surface area contributed by atoms with Crippen molar-refractivity contribution in [3.8, 4) is 17.2 Å². The van der Waals surface area contributed by atoms with Crippen molar-refractivity contribution in [1.82, 2.24) is 4.90 Å². The normalized spacial score (nSPS) is 12.1. The summed E-state index contributed by atoms with van der Waals surface area (Å²) in [6.07, 6.45) is 0. The van der Waals surface area contributed by atoms with Gasteiger partial charge in [0.2, 0.25) is 6.79 Å². The monoisotopic (exact) mass is 409 g/mol. The van der Waals surface area contributed by atoms with E-state index < -0.39 is 10.9 Å². The molecule has 1 aliphatic rings. The number of ether oxygens (including phenoxy) is 2. The van der Waals surface area contributed by atoms with Crippen molar-refractivity contribution in [3.63, 3.8) is 0 Å². The van der Waals surface area contributed by atoms with E-state index in [0.29, 0.717) is 11.5 Å². The number of benzene rings is 2. The van der Waals surface area contributed by atoms with Crippen molar-refractivity contribution >= 4 is 23.0 Å². The number of phenolic OH excluding ortho intramolecular Hbond substituents is 1. The van der Waals surface area contributed by atoms with E-state index in [0.717, 1.165) is 5.56 Å². The number of fused-ring (bicyclic) bond motifs is 1. The molecule has 1 aliphatic heterocycles. The molecule has 3 aromatic rings. The Balaban J connectivity index is 1.54. The summed E-state index contributed by atoms with van der Waals surface area (Å²) in [4.78, 5) is 37.6. The van der Waals surface area contributed by atoms with Crippen LogP contribution >= 0.6 is 0 Å². The average Bonchev–Trinajstić information content (AvgIpc) is 3.21. The van der Waals surface area contributed by atoms with Gasteiger partial charge in [0, 0.05) is 20.6 Å². The molecule has 9 nitrogen and oxygen atoms in total. The molecule has 0 bridgehead atoms. The molecule has 0 saturated carbocycles. The molecule has 3 N–H and O–H groups in total. The minimum atomic E-state index is -0.702. The molecule has 0 unspecified atom stereocenters. The summed E-state index contributed by atoms with van der Waals surface area (Å²) in [5, 5.41) is 16.2. The average molecular weight is 409 g/mol. The van der Waals surface area contributed by atoms with Crippen molar-refractivity contribution in [3.05, 3.63) is 68.0 Å². The van der Waals surface area contributed by atoms with E-state index in [2.05, 4.69) is 10.6 Å². The van der Waals surface area contributed by atoms with E-state index in [1.54, 1.807) is 32.3 Å². The van der Waals surface area contributed by atoms with E-state index in [-0.39, 0.29) is 47.6 Å². The summed E-state index contributed by atoms with van der Waals surface area (Å²) in [5.41, 5.74) is -0.142. The number of hydrogen-bond acceptors (Lipinski definition) is 8. The maximum absolute atomic E-state index is 12.2. The van der Waals surface area contributed by atoms with Gasteiger partial charge in [-0.05, 0) is 29.8 Å². The second-order valence-electron chi connectivity index (χ2n) is 6.98. The van der Waals surface area contributed by atoms with Crippen molar-refractivity contribution in [2.75, 3.05) is 31.5 Å². The van der Waals surface area contributed by atoms with Crippen LogP contribution in [0.2, 0.25) is 0 Å². The van der Waals surface area contributed by atoms with Gasteiger partial charge in [0.15, 0.2) is 17.2 Å². The van der Waals surface area contributed by atoms with Crippen LogP contribution in [0.3, 0.4) is 0 Å². The SMILES string of the molecule is CN(C)C(=O)c1cccc(Nc2c(NCc3ccc4c(c3)OCO4)c(=O)c2=O)c1O. The molecule has 9 heteroatoms. The number of hydrogen-bond donors (Lipinski definition) is 3. The second kappa shape index (κ2) is 7.43. The zero-order chi connectivity index (χ0) is 21.4. The number of nitrogens with zero attached hydrogens (tertiary/aromatic N) is 1. The van der Waals surface area contributed by atoms with Gasteiger partial charge in [-0.1, -0.05) is 12.1 Å². The Morgan fingerprint density at radius 1 is 1.07 bits per heavy atom. The number of aromatic hydroxyl groups is 1. The van der Waals surface area contributed by atoms with Gasteiger partial charge in [-0.25, -0.2) is 0 Å². The maximum Gasteiger partial charge on any atom is 0.257 e. The summed E-state index contributed by atoms with van der Waals surface area (Å²) >= 11 is 0. The van der Waals surface area contributed by atoms with Gasteiger partial charge in [-0.3, -0.25) is 14.4 Å². The summed E-state index contributed by atoms with van der Waals surface area (Å²) < 4.78 is 10.6. The summed E-state index contributed by atoms with van der Waals surface area (Å²) in [5.74, 6) is 0.580. The first-order valence-corrected chi connectivity index (χ1v) is 9.13.